The molecule has 1 aromatic carbocycles. The summed E-state index contributed by atoms with van der Waals surface area (Å²) in [7, 11) is 1.61. The van der Waals surface area contributed by atoms with Crippen molar-refractivity contribution in [3.8, 4) is 5.75 Å². The highest BCUT2D eigenvalue weighted by Gasteiger charge is 2.35. The molecular formula is C22H33N3O3. The summed E-state index contributed by atoms with van der Waals surface area (Å²) in [5, 5.41) is 2.90. The molecule has 6 heteroatoms. The van der Waals surface area contributed by atoms with Crippen molar-refractivity contribution in [2.24, 2.45) is 5.92 Å². The predicted octanol–water partition coefficient (Wildman–Crippen LogP) is 3.14. The van der Waals surface area contributed by atoms with Crippen LogP contribution in [0.1, 0.15) is 45.4 Å². The van der Waals surface area contributed by atoms with Gasteiger partial charge >= 0.3 is 0 Å². The number of likely N-dealkylation sites (tertiary alicyclic amines) is 1. The van der Waals surface area contributed by atoms with Gasteiger partial charge in [-0.3, -0.25) is 14.5 Å². The summed E-state index contributed by atoms with van der Waals surface area (Å²) in [6.07, 6.45) is 7.30. The minimum Gasteiger partial charge on any atom is -0.497 e. The van der Waals surface area contributed by atoms with Gasteiger partial charge in [0.15, 0.2) is 0 Å². The highest BCUT2D eigenvalue weighted by molar-refractivity contribution is 5.92. The van der Waals surface area contributed by atoms with E-state index in [4.69, 9.17) is 4.74 Å². The molecule has 2 amide bonds. The number of carbonyl (C=O) groups excluding carboxylic acids is 2. The van der Waals surface area contributed by atoms with Crippen LogP contribution in [-0.4, -0.2) is 60.9 Å². The molecule has 1 aliphatic carbocycles. The van der Waals surface area contributed by atoms with Gasteiger partial charge in [0.1, 0.15) is 5.75 Å². The summed E-state index contributed by atoms with van der Waals surface area (Å²) in [5.74, 6) is 1.51. The van der Waals surface area contributed by atoms with Crippen molar-refractivity contribution in [2.45, 2.75) is 51.5 Å². The average Bonchev–Trinajstić information content (AvgIpc) is 2.73. The van der Waals surface area contributed by atoms with E-state index < -0.39 is 0 Å². The molecule has 0 radical (unpaired) electrons. The quantitative estimate of drug-likeness (QED) is 0.781. The lowest BCUT2D eigenvalue weighted by Gasteiger charge is -2.44. The minimum absolute atomic E-state index is 0.103. The normalized spacial score (nSPS) is 21.9. The van der Waals surface area contributed by atoms with Crippen molar-refractivity contribution in [3.05, 3.63) is 24.3 Å². The molecule has 2 aliphatic rings. The number of methoxy groups -OCH3 is 1. The third-order valence-electron chi connectivity index (χ3n) is 6.11. The Balaban J connectivity index is 1.52. The Bertz CT molecular complexity index is 659. The second-order valence-electron chi connectivity index (χ2n) is 7.92. The molecule has 2 fully saturated rings. The molecule has 0 aromatic heterocycles. The van der Waals surface area contributed by atoms with E-state index in [1.807, 2.05) is 36.1 Å². The molecule has 1 heterocycles. The van der Waals surface area contributed by atoms with Crippen LogP contribution in [0.5, 0.6) is 5.75 Å². The van der Waals surface area contributed by atoms with Gasteiger partial charge < -0.3 is 15.0 Å². The Morgan fingerprint density at radius 2 is 1.82 bits per heavy atom. The Morgan fingerprint density at radius 3 is 2.54 bits per heavy atom. The topological polar surface area (TPSA) is 61.9 Å². The van der Waals surface area contributed by atoms with E-state index in [2.05, 4.69) is 10.2 Å². The van der Waals surface area contributed by atoms with Crippen molar-refractivity contribution in [3.63, 3.8) is 0 Å². The SMILES string of the molecule is CCN(CC(=O)Nc1ccc(OC)cc1)CC(=O)N1CCC[C@@H]2CCCC[C@@H]21. The third-order valence-corrected chi connectivity index (χ3v) is 6.11. The maximum Gasteiger partial charge on any atom is 0.238 e. The largest absolute Gasteiger partial charge is 0.497 e. The van der Waals surface area contributed by atoms with E-state index in [0.717, 1.165) is 30.8 Å². The number of fused-ring (bicyclic) bond motifs is 1. The number of likely N-dealkylation sites (N-methyl/N-ethyl adjacent to an activating group) is 1. The van der Waals surface area contributed by atoms with Gasteiger partial charge in [0.2, 0.25) is 11.8 Å². The second-order valence-corrected chi connectivity index (χ2v) is 7.92. The number of nitrogens with zero attached hydrogens (tertiary/aromatic N) is 2. The van der Waals surface area contributed by atoms with Crippen LogP contribution in [0, 0.1) is 5.92 Å². The predicted molar refractivity (Wildman–Crippen MR) is 110 cm³/mol. The van der Waals surface area contributed by atoms with Crippen molar-refractivity contribution in [2.75, 3.05) is 38.6 Å². The zero-order valence-electron chi connectivity index (χ0n) is 17.2. The second kappa shape index (κ2) is 9.92. The molecule has 1 aliphatic heterocycles. The van der Waals surface area contributed by atoms with E-state index in [9.17, 15) is 9.59 Å². The summed E-state index contributed by atoms with van der Waals surface area (Å²) in [6, 6.07) is 7.67. The zero-order valence-corrected chi connectivity index (χ0v) is 17.2. The van der Waals surface area contributed by atoms with Crippen molar-refractivity contribution in [1.29, 1.82) is 0 Å². The van der Waals surface area contributed by atoms with Gasteiger partial charge in [0.25, 0.3) is 0 Å². The molecule has 1 aromatic rings. The van der Waals surface area contributed by atoms with E-state index in [0.29, 0.717) is 25.0 Å². The smallest absolute Gasteiger partial charge is 0.238 e. The van der Waals surface area contributed by atoms with Gasteiger partial charge in [-0.15, -0.1) is 0 Å². The van der Waals surface area contributed by atoms with Gasteiger partial charge in [-0.05, 0) is 62.4 Å². The number of amides is 2. The first-order valence-electron chi connectivity index (χ1n) is 10.6. The number of benzene rings is 1. The summed E-state index contributed by atoms with van der Waals surface area (Å²) in [4.78, 5) is 29.4. The molecule has 0 spiro atoms. The van der Waals surface area contributed by atoms with Crippen molar-refractivity contribution >= 4 is 17.5 Å². The summed E-state index contributed by atoms with van der Waals surface area (Å²) in [6.45, 7) is 4.07. The van der Waals surface area contributed by atoms with E-state index in [1.54, 1.807) is 7.11 Å². The monoisotopic (exact) mass is 387 g/mol. The molecule has 6 nitrogen and oxygen atoms in total. The number of piperidine rings is 1. The standard InChI is InChI=1S/C22H33N3O3/c1-3-24(15-21(26)23-18-10-12-19(28-2)13-11-18)16-22(27)25-14-6-8-17-7-4-5-9-20(17)25/h10-13,17,20H,3-9,14-16H2,1-2H3,(H,23,26)/t17-,20-/m0/s1. The fourth-order valence-corrected chi connectivity index (χ4v) is 4.57. The molecule has 154 valence electrons. The zero-order chi connectivity index (χ0) is 19.9. The summed E-state index contributed by atoms with van der Waals surface area (Å²) >= 11 is 0. The number of hydrogen-bond donors (Lipinski definition) is 1. The number of carbonyl (C=O) groups is 2. The minimum atomic E-state index is -0.103. The molecule has 2 atom stereocenters. The number of rotatable bonds is 7. The number of ether oxygens (including phenoxy) is 1. The summed E-state index contributed by atoms with van der Waals surface area (Å²) < 4.78 is 5.13. The molecule has 28 heavy (non-hydrogen) atoms. The van der Waals surface area contributed by atoms with Crippen LogP contribution in [-0.2, 0) is 9.59 Å². The number of anilines is 1. The lowest BCUT2D eigenvalue weighted by Crippen LogP contribution is -2.52. The fraction of sp³-hybridized carbons (Fsp3) is 0.636. The molecule has 1 saturated heterocycles. The lowest BCUT2D eigenvalue weighted by atomic mass is 9.78. The fourth-order valence-electron chi connectivity index (χ4n) is 4.57. The maximum atomic E-state index is 13.0. The first-order valence-corrected chi connectivity index (χ1v) is 10.6. The first kappa shape index (κ1) is 20.6. The summed E-state index contributed by atoms with van der Waals surface area (Å²) in [5.41, 5.74) is 0.731. The van der Waals surface area contributed by atoms with Crippen LogP contribution in [0.15, 0.2) is 24.3 Å². The van der Waals surface area contributed by atoms with Gasteiger partial charge in [-0.25, -0.2) is 0 Å². The third kappa shape index (κ3) is 5.25. The van der Waals surface area contributed by atoms with Crippen LogP contribution in [0.2, 0.25) is 0 Å². The average molecular weight is 388 g/mol. The van der Waals surface area contributed by atoms with Crippen molar-refractivity contribution in [1.82, 2.24) is 9.80 Å². The molecule has 3 rings (SSSR count). The highest BCUT2D eigenvalue weighted by Crippen LogP contribution is 2.35. The van der Waals surface area contributed by atoms with E-state index in [-0.39, 0.29) is 18.4 Å². The first-order chi connectivity index (χ1) is 13.6. The molecule has 1 saturated carbocycles. The Morgan fingerprint density at radius 1 is 1.11 bits per heavy atom. The van der Waals surface area contributed by atoms with Crippen LogP contribution < -0.4 is 10.1 Å². The molecule has 0 unspecified atom stereocenters. The number of nitrogens with one attached hydrogen (secondary N) is 1. The van der Waals surface area contributed by atoms with Gasteiger partial charge in [0.05, 0.1) is 20.2 Å². The van der Waals surface area contributed by atoms with Crippen LogP contribution in [0.3, 0.4) is 0 Å². The highest BCUT2D eigenvalue weighted by atomic mass is 16.5. The van der Waals surface area contributed by atoms with Gasteiger partial charge in [0, 0.05) is 18.3 Å². The molecule has 0 bridgehead atoms. The Hall–Kier alpha value is -2.08. The van der Waals surface area contributed by atoms with Gasteiger partial charge in [-0.2, -0.15) is 0 Å². The van der Waals surface area contributed by atoms with Crippen LogP contribution in [0.25, 0.3) is 0 Å². The van der Waals surface area contributed by atoms with Crippen LogP contribution in [0.4, 0.5) is 5.69 Å². The van der Waals surface area contributed by atoms with E-state index >= 15 is 0 Å². The lowest BCUT2D eigenvalue weighted by molar-refractivity contribution is -0.139. The Labute approximate surface area is 168 Å². The number of hydrogen-bond acceptors (Lipinski definition) is 4. The van der Waals surface area contributed by atoms with Gasteiger partial charge in [-0.1, -0.05) is 19.8 Å². The molecule has 1 N–H and O–H groups in total. The van der Waals surface area contributed by atoms with E-state index in [1.165, 1.54) is 25.7 Å². The van der Waals surface area contributed by atoms with Crippen LogP contribution >= 0.6 is 0 Å². The maximum absolute atomic E-state index is 13.0. The van der Waals surface area contributed by atoms with Crippen molar-refractivity contribution < 1.29 is 14.3 Å². The molecular weight excluding hydrogens is 354 g/mol. The Kier molecular flexibility index (Phi) is 7.31.